The Hall–Kier alpha value is -1.11. The molecule has 1 aromatic rings. The van der Waals surface area contributed by atoms with Crippen LogP contribution in [0, 0.1) is 6.92 Å². The van der Waals surface area contributed by atoms with Crippen LogP contribution in [-0.4, -0.2) is 45.5 Å². The SMILES string of the molecule is COc1ccc(S(=O)(=O)N2CCNC[C@@H]2C)cc1C. The number of ether oxygens (including phenoxy) is 1. The second-order valence-corrected chi connectivity index (χ2v) is 6.69. The lowest BCUT2D eigenvalue weighted by Gasteiger charge is -2.32. The van der Waals surface area contributed by atoms with Crippen molar-refractivity contribution in [3.63, 3.8) is 0 Å². The number of methoxy groups -OCH3 is 1. The summed E-state index contributed by atoms with van der Waals surface area (Å²) < 4.78 is 31.9. The molecule has 1 atom stereocenters. The standard InChI is InChI=1S/C13H20N2O3S/c1-10-8-12(4-5-13(10)18-3)19(16,17)15-7-6-14-9-11(15)2/h4-5,8,11,14H,6-7,9H2,1-3H3/t11-/m0/s1. The van der Waals surface area contributed by atoms with E-state index in [1.807, 2.05) is 13.8 Å². The van der Waals surface area contributed by atoms with Crippen molar-refractivity contribution in [2.24, 2.45) is 0 Å². The van der Waals surface area contributed by atoms with Gasteiger partial charge in [-0.15, -0.1) is 0 Å². The summed E-state index contributed by atoms with van der Waals surface area (Å²) in [7, 11) is -1.84. The third kappa shape index (κ3) is 2.75. The first-order valence-electron chi connectivity index (χ1n) is 6.34. The summed E-state index contributed by atoms with van der Waals surface area (Å²) in [5.41, 5.74) is 0.825. The van der Waals surface area contributed by atoms with E-state index in [1.165, 1.54) is 0 Å². The Balaban J connectivity index is 2.36. The van der Waals surface area contributed by atoms with E-state index in [0.29, 0.717) is 30.3 Å². The summed E-state index contributed by atoms with van der Waals surface area (Å²) in [5.74, 6) is 0.701. The van der Waals surface area contributed by atoms with E-state index in [9.17, 15) is 8.42 Å². The Kier molecular flexibility index (Phi) is 4.13. The van der Waals surface area contributed by atoms with E-state index in [4.69, 9.17) is 4.74 Å². The molecular weight excluding hydrogens is 264 g/mol. The average molecular weight is 284 g/mol. The van der Waals surface area contributed by atoms with Crippen molar-refractivity contribution in [3.8, 4) is 5.75 Å². The van der Waals surface area contributed by atoms with Crippen LogP contribution in [0.4, 0.5) is 0 Å². The molecule has 6 heteroatoms. The highest BCUT2D eigenvalue weighted by molar-refractivity contribution is 7.89. The lowest BCUT2D eigenvalue weighted by atomic mass is 10.2. The molecule has 1 aliphatic heterocycles. The second kappa shape index (κ2) is 5.48. The molecule has 0 bridgehead atoms. The minimum Gasteiger partial charge on any atom is -0.496 e. The molecule has 2 rings (SSSR count). The lowest BCUT2D eigenvalue weighted by molar-refractivity contribution is 0.284. The fourth-order valence-corrected chi connectivity index (χ4v) is 4.04. The zero-order valence-corrected chi connectivity index (χ0v) is 12.3. The first-order chi connectivity index (χ1) is 8.96. The van der Waals surface area contributed by atoms with Crippen LogP contribution in [0.2, 0.25) is 0 Å². The maximum atomic E-state index is 12.6. The Morgan fingerprint density at radius 1 is 1.42 bits per heavy atom. The third-order valence-corrected chi connectivity index (χ3v) is 5.42. The minimum absolute atomic E-state index is 0.0267. The minimum atomic E-state index is -3.42. The number of nitrogens with zero attached hydrogens (tertiary/aromatic N) is 1. The van der Waals surface area contributed by atoms with Crippen LogP contribution >= 0.6 is 0 Å². The molecule has 106 valence electrons. The highest BCUT2D eigenvalue weighted by atomic mass is 32.2. The van der Waals surface area contributed by atoms with E-state index >= 15 is 0 Å². The van der Waals surface area contributed by atoms with Crippen LogP contribution in [0.3, 0.4) is 0 Å². The number of piperazine rings is 1. The average Bonchev–Trinajstić information content (AvgIpc) is 2.39. The monoisotopic (exact) mass is 284 g/mol. The van der Waals surface area contributed by atoms with Crippen LogP contribution in [0.15, 0.2) is 23.1 Å². The van der Waals surface area contributed by atoms with Gasteiger partial charge in [-0.25, -0.2) is 8.42 Å². The zero-order valence-electron chi connectivity index (χ0n) is 11.5. The van der Waals surface area contributed by atoms with Crippen molar-refractivity contribution in [2.75, 3.05) is 26.7 Å². The molecule has 1 fully saturated rings. The first-order valence-corrected chi connectivity index (χ1v) is 7.78. The Bertz CT molecular complexity index is 557. The molecule has 0 amide bonds. The van der Waals surface area contributed by atoms with Crippen molar-refractivity contribution in [1.82, 2.24) is 9.62 Å². The van der Waals surface area contributed by atoms with Crippen LogP contribution in [0.25, 0.3) is 0 Å². The van der Waals surface area contributed by atoms with Crippen LogP contribution in [0.1, 0.15) is 12.5 Å². The fourth-order valence-electron chi connectivity index (χ4n) is 2.33. The Labute approximate surface area is 114 Å². The number of hydrogen-bond donors (Lipinski definition) is 1. The van der Waals surface area contributed by atoms with Crippen LogP contribution in [-0.2, 0) is 10.0 Å². The largest absolute Gasteiger partial charge is 0.496 e. The summed E-state index contributed by atoms with van der Waals surface area (Å²) in [6.07, 6.45) is 0. The topological polar surface area (TPSA) is 58.6 Å². The van der Waals surface area contributed by atoms with Gasteiger partial charge in [0, 0.05) is 25.7 Å². The molecule has 1 heterocycles. The number of hydrogen-bond acceptors (Lipinski definition) is 4. The highest BCUT2D eigenvalue weighted by Gasteiger charge is 2.31. The molecule has 5 nitrogen and oxygen atoms in total. The molecule has 0 radical (unpaired) electrons. The van der Waals surface area contributed by atoms with Gasteiger partial charge in [-0.3, -0.25) is 0 Å². The van der Waals surface area contributed by atoms with Crippen molar-refractivity contribution in [1.29, 1.82) is 0 Å². The molecule has 19 heavy (non-hydrogen) atoms. The highest BCUT2D eigenvalue weighted by Crippen LogP contribution is 2.25. The first kappa shape index (κ1) is 14.3. The molecule has 0 saturated carbocycles. The summed E-state index contributed by atoms with van der Waals surface area (Å²) in [6, 6.07) is 4.95. The summed E-state index contributed by atoms with van der Waals surface area (Å²) in [4.78, 5) is 0.333. The molecule has 1 saturated heterocycles. The number of aryl methyl sites for hydroxylation is 1. The van der Waals surface area contributed by atoms with Gasteiger partial charge in [-0.1, -0.05) is 0 Å². The van der Waals surface area contributed by atoms with Crippen LogP contribution in [0.5, 0.6) is 5.75 Å². The fraction of sp³-hybridized carbons (Fsp3) is 0.538. The molecule has 0 aromatic heterocycles. The number of sulfonamides is 1. The number of nitrogens with one attached hydrogen (secondary N) is 1. The number of benzene rings is 1. The number of rotatable bonds is 3. The molecule has 1 N–H and O–H groups in total. The van der Waals surface area contributed by atoms with E-state index in [1.54, 1.807) is 29.6 Å². The Morgan fingerprint density at radius 3 is 2.74 bits per heavy atom. The van der Waals surface area contributed by atoms with Gasteiger partial charge in [0.1, 0.15) is 5.75 Å². The van der Waals surface area contributed by atoms with Gasteiger partial charge in [0.05, 0.1) is 12.0 Å². The van der Waals surface area contributed by atoms with Gasteiger partial charge in [-0.2, -0.15) is 4.31 Å². The van der Waals surface area contributed by atoms with Gasteiger partial charge in [0.25, 0.3) is 0 Å². The predicted octanol–water partition coefficient (Wildman–Crippen LogP) is 0.986. The normalized spacial score (nSPS) is 21.3. The van der Waals surface area contributed by atoms with Gasteiger partial charge >= 0.3 is 0 Å². The lowest BCUT2D eigenvalue weighted by Crippen LogP contribution is -2.52. The van der Waals surface area contributed by atoms with Gasteiger partial charge < -0.3 is 10.1 Å². The predicted molar refractivity (Wildman–Crippen MR) is 74.0 cm³/mol. The summed E-state index contributed by atoms with van der Waals surface area (Å²) >= 11 is 0. The molecule has 1 aliphatic rings. The van der Waals surface area contributed by atoms with Gasteiger partial charge in [0.15, 0.2) is 0 Å². The van der Waals surface area contributed by atoms with E-state index in [2.05, 4.69) is 5.32 Å². The summed E-state index contributed by atoms with van der Waals surface area (Å²) in [6.45, 7) is 5.65. The molecule has 0 spiro atoms. The maximum Gasteiger partial charge on any atom is 0.243 e. The van der Waals surface area contributed by atoms with E-state index < -0.39 is 10.0 Å². The molecular formula is C13H20N2O3S. The van der Waals surface area contributed by atoms with E-state index in [-0.39, 0.29) is 6.04 Å². The smallest absolute Gasteiger partial charge is 0.243 e. The van der Waals surface area contributed by atoms with Crippen molar-refractivity contribution in [2.45, 2.75) is 24.8 Å². The van der Waals surface area contributed by atoms with E-state index in [0.717, 1.165) is 5.56 Å². The van der Waals surface area contributed by atoms with Crippen LogP contribution < -0.4 is 10.1 Å². The molecule has 0 aliphatic carbocycles. The van der Waals surface area contributed by atoms with Crippen molar-refractivity contribution in [3.05, 3.63) is 23.8 Å². The third-order valence-electron chi connectivity index (χ3n) is 3.41. The molecule has 0 unspecified atom stereocenters. The Morgan fingerprint density at radius 2 is 2.16 bits per heavy atom. The quantitative estimate of drug-likeness (QED) is 0.899. The van der Waals surface area contributed by atoms with Crippen molar-refractivity contribution < 1.29 is 13.2 Å². The zero-order chi connectivity index (χ0) is 14.0. The van der Waals surface area contributed by atoms with Crippen molar-refractivity contribution >= 4 is 10.0 Å². The second-order valence-electron chi connectivity index (χ2n) is 4.80. The summed E-state index contributed by atoms with van der Waals surface area (Å²) in [5, 5.41) is 3.19. The van der Waals surface area contributed by atoms with Gasteiger partial charge in [-0.05, 0) is 37.6 Å². The molecule has 1 aromatic carbocycles. The maximum absolute atomic E-state index is 12.6. The van der Waals surface area contributed by atoms with Gasteiger partial charge in [0.2, 0.25) is 10.0 Å².